The van der Waals surface area contributed by atoms with Gasteiger partial charge in [0.05, 0.1) is 11.0 Å². The summed E-state index contributed by atoms with van der Waals surface area (Å²) in [6, 6.07) is -0.376. The van der Waals surface area contributed by atoms with E-state index in [1.807, 2.05) is 6.92 Å². The van der Waals surface area contributed by atoms with Gasteiger partial charge in [-0.2, -0.15) is 0 Å². The van der Waals surface area contributed by atoms with Crippen LogP contribution in [0.4, 0.5) is 5.82 Å². The summed E-state index contributed by atoms with van der Waals surface area (Å²) in [6.07, 6.45) is 3.59. The van der Waals surface area contributed by atoms with E-state index in [0.717, 1.165) is 0 Å². The lowest BCUT2D eigenvalue weighted by Gasteiger charge is -2.34. The van der Waals surface area contributed by atoms with Gasteiger partial charge in [-0.05, 0) is 22.4 Å². The molecule has 1 fully saturated rings. The molecule has 7 heteroatoms. The van der Waals surface area contributed by atoms with Crippen molar-refractivity contribution < 1.29 is 9.59 Å². The monoisotopic (exact) mass is 298 g/mol. The maximum Gasteiger partial charge on any atom is 0.249 e. The Morgan fingerprint density at radius 1 is 1.59 bits per heavy atom. The minimum atomic E-state index is -0.376. The zero-order valence-electron chi connectivity index (χ0n) is 9.18. The molecular formula is C10H11BrN4O2. The molecule has 1 atom stereocenters. The summed E-state index contributed by atoms with van der Waals surface area (Å²) in [5.74, 6) is -0.0328. The minimum absolute atomic E-state index is 0.125. The third kappa shape index (κ3) is 2.28. The van der Waals surface area contributed by atoms with E-state index in [4.69, 9.17) is 0 Å². The van der Waals surface area contributed by atoms with Crippen molar-refractivity contribution in [3.63, 3.8) is 0 Å². The maximum atomic E-state index is 11.7. The molecule has 0 spiro atoms. The Kier molecular flexibility index (Phi) is 3.37. The number of carbonyl (C=O) groups excluding carboxylic acids is 2. The van der Waals surface area contributed by atoms with E-state index < -0.39 is 0 Å². The number of hydrogen-bond acceptors (Lipinski definition) is 5. The normalized spacial score (nSPS) is 20.4. The SMILES string of the molecule is CCC1C(=O)NC(=O)CN1c1ncncc1Br. The van der Waals surface area contributed by atoms with E-state index in [1.54, 1.807) is 11.1 Å². The van der Waals surface area contributed by atoms with Gasteiger partial charge in [-0.25, -0.2) is 9.97 Å². The average Bonchev–Trinajstić information content (AvgIpc) is 2.28. The molecular weight excluding hydrogens is 288 g/mol. The smallest absolute Gasteiger partial charge is 0.249 e. The molecule has 2 heterocycles. The van der Waals surface area contributed by atoms with E-state index in [-0.39, 0.29) is 24.4 Å². The first-order valence-corrected chi connectivity index (χ1v) is 5.98. The molecule has 17 heavy (non-hydrogen) atoms. The van der Waals surface area contributed by atoms with Crippen molar-refractivity contribution in [3.05, 3.63) is 17.0 Å². The van der Waals surface area contributed by atoms with Gasteiger partial charge < -0.3 is 4.90 Å². The van der Waals surface area contributed by atoms with Gasteiger partial charge in [0.1, 0.15) is 18.2 Å². The second-order valence-corrected chi connectivity index (χ2v) is 4.51. The predicted molar refractivity (Wildman–Crippen MR) is 64.3 cm³/mol. The lowest BCUT2D eigenvalue weighted by Crippen LogP contribution is -2.58. The van der Waals surface area contributed by atoms with Gasteiger partial charge in [-0.1, -0.05) is 6.92 Å². The fourth-order valence-corrected chi connectivity index (χ4v) is 2.26. The van der Waals surface area contributed by atoms with Crippen molar-refractivity contribution >= 4 is 33.6 Å². The summed E-state index contributed by atoms with van der Waals surface area (Å²) < 4.78 is 0.668. The molecule has 6 nitrogen and oxygen atoms in total. The second-order valence-electron chi connectivity index (χ2n) is 3.66. The fourth-order valence-electron chi connectivity index (χ4n) is 1.81. The summed E-state index contributed by atoms with van der Waals surface area (Å²) in [5.41, 5.74) is 0. The Labute approximate surface area is 107 Å². The third-order valence-electron chi connectivity index (χ3n) is 2.56. The Morgan fingerprint density at radius 2 is 2.35 bits per heavy atom. The molecule has 0 aliphatic carbocycles. The Balaban J connectivity index is 2.38. The van der Waals surface area contributed by atoms with Crippen molar-refractivity contribution in [1.29, 1.82) is 0 Å². The van der Waals surface area contributed by atoms with Crippen LogP contribution in [0.5, 0.6) is 0 Å². The van der Waals surface area contributed by atoms with E-state index >= 15 is 0 Å². The highest BCUT2D eigenvalue weighted by atomic mass is 79.9. The van der Waals surface area contributed by atoms with Gasteiger partial charge in [0, 0.05) is 6.20 Å². The van der Waals surface area contributed by atoms with Crippen LogP contribution in [0.1, 0.15) is 13.3 Å². The number of nitrogens with one attached hydrogen (secondary N) is 1. The number of amides is 2. The summed E-state index contributed by atoms with van der Waals surface area (Å²) in [6.45, 7) is 2.02. The molecule has 1 aromatic heterocycles. The molecule has 1 aromatic rings. The highest BCUT2D eigenvalue weighted by Gasteiger charge is 2.34. The minimum Gasteiger partial charge on any atom is -0.334 e. The molecule has 0 radical (unpaired) electrons. The van der Waals surface area contributed by atoms with Crippen LogP contribution >= 0.6 is 15.9 Å². The predicted octanol–water partition coefficient (Wildman–Crippen LogP) is 0.481. The van der Waals surface area contributed by atoms with Gasteiger partial charge in [0.15, 0.2) is 0 Å². The third-order valence-corrected chi connectivity index (χ3v) is 3.12. The van der Waals surface area contributed by atoms with Crippen molar-refractivity contribution in [1.82, 2.24) is 15.3 Å². The number of anilines is 1. The van der Waals surface area contributed by atoms with E-state index in [2.05, 4.69) is 31.2 Å². The number of nitrogens with zero attached hydrogens (tertiary/aromatic N) is 3. The van der Waals surface area contributed by atoms with Crippen molar-refractivity contribution in [2.24, 2.45) is 0 Å². The standard InChI is InChI=1S/C10H11BrN4O2/c1-2-7-10(17)14-8(16)4-15(7)9-6(11)3-12-5-13-9/h3,5,7H,2,4H2,1H3,(H,14,16,17). The number of imide groups is 1. The molecule has 1 saturated heterocycles. The lowest BCUT2D eigenvalue weighted by atomic mass is 10.1. The summed E-state index contributed by atoms with van der Waals surface area (Å²) >= 11 is 3.32. The quantitative estimate of drug-likeness (QED) is 0.804. The molecule has 0 aromatic carbocycles. The number of carbonyl (C=O) groups is 2. The zero-order valence-corrected chi connectivity index (χ0v) is 10.8. The first-order chi connectivity index (χ1) is 8.13. The molecule has 2 rings (SSSR count). The average molecular weight is 299 g/mol. The Hall–Kier alpha value is -1.50. The second kappa shape index (κ2) is 4.79. The van der Waals surface area contributed by atoms with Crippen LogP contribution < -0.4 is 10.2 Å². The Morgan fingerprint density at radius 3 is 3.00 bits per heavy atom. The van der Waals surface area contributed by atoms with Crippen LogP contribution in [0.2, 0.25) is 0 Å². The van der Waals surface area contributed by atoms with Crippen LogP contribution in [0.25, 0.3) is 0 Å². The van der Waals surface area contributed by atoms with Crippen LogP contribution in [0, 0.1) is 0 Å². The van der Waals surface area contributed by atoms with E-state index in [9.17, 15) is 9.59 Å². The molecule has 90 valence electrons. The first kappa shape index (κ1) is 12.0. The number of hydrogen-bond donors (Lipinski definition) is 1. The molecule has 0 saturated carbocycles. The van der Waals surface area contributed by atoms with Crippen LogP contribution in [-0.2, 0) is 9.59 Å². The molecule has 1 aliphatic heterocycles. The topological polar surface area (TPSA) is 75.2 Å². The van der Waals surface area contributed by atoms with Crippen molar-refractivity contribution in [2.75, 3.05) is 11.4 Å². The highest BCUT2D eigenvalue weighted by molar-refractivity contribution is 9.10. The van der Waals surface area contributed by atoms with Gasteiger partial charge in [-0.15, -0.1) is 0 Å². The highest BCUT2D eigenvalue weighted by Crippen LogP contribution is 2.25. The van der Waals surface area contributed by atoms with Crippen LogP contribution in [-0.4, -0.2) is 34.4 Å². The summed E-state index contributed by atoms with van der Waals surface area (Å²) in [7, 11) is 0. The largest absolute Gasteiger partial charge is 0.334 e. The number of halogens is 1. The summed E-state index contributed by atoms with van der Waals surface area (Å²) in [4.78, 5) is 32.7. The van der Waals surface area contributed by atoms with E-state index in [1.165, 1.54) is 6.33 Å². The molecule has 1 aliphatic rings. The molecule has 1 N–H and O–H groups in total. The molecule has 1 unspecified atom stereocenters. The molecule has 2 amide bonds. The Bertz CT molecular complexity index is 465. The van der Waals surface area contributed by atoms with Crippen molar-refractivity contribution in [2.45, 2.75) is 19.4 Å². The first-order valence-electron chi connectivity index (χ1n) is 5.19. The number of aromatic nitrogens is 2. The van der Waals surface area contributed by atoms with E-state index in [0.29, 0.717) is 16.7 Å². The molecule has 0 bridgehead atoms. The van der Waals surface area contributed by atoms with Gasteiger partial charge in [0.25, 0.3) is 0 Å². The van der Waals surface area contributed by atoms with Crippen molar-refractivity contribution in [3.8, 4) is 0 Å². The zero-order chi connectivity index (χ0) is 12.4. The van der Waals surface area contributed by atoms with Gasteiger partial charge >= 0.3 is 0 Å². The lowest BCUT2D eigenvalue weighted by molar-refractivity contribution is -0.132. The van der Waals surface area contributed by atoms with Crippen LogP contribution in [0.3, 0.4) is 0 Å². The maximum absolute atomic E-state index is 11.7. The van der Waals surface area contributed by atoms with Crippen LogP contribution in [0.15, 0.2) is 17.0 Å². The fraction of sp³-hybridized carbons (Fsp3) is 0.400. The number of piperazine rings is 1. The van der Waals surface area contributed by atoms with Gasteiger partial charge in [0.2, 0.25) is 11.8 Å². The summed E-state index contributed by atoms with van der Waals surface area (Å²) in [5, 5.41) is 2.32. The van der Waals surface area contributed by atoms with Gasteiger partial charge in [-0.3, -0.25) is 14.9 Å². The number of rotatable bonds is 2.